The molecule has 1 fully saturated rings. The molecule has 2 unspecified atom stereocenters. The van der Waals surface area contributed by atoms with Crippen LogP contribution in [0, 0.1) is 0 Å². The van der Waals surface area contributed by atoms with Crippen LogP contribution in [0.25, 0.3) is 5.69 Å². The standard InChI is InChI=1S/C20H19ClN6O2/c1-12-11-29-20(16-5-3-4-8-23-16)14-9-13(21)6-7-15(14)27-17(10-26(12)20)24-18(25-27)19(28)22-2/h3-9,12H,10-11H2,1-2H3,(H,22,28). The van der Waals surface area contributed by atoms with Crippen molar-refractivity contribution in [3.63, 3.8) is 0 Å². The Kier molecular flexibility index (Phi) is 4.16. The summed E-state index contributed by atoms with van der Waals surface area (Å²) in [6.07, 6.45) is 1.75. The van der Waals surface area contributed by atoms with Gasteiger partial charge in [0.05, 0.1) is 24.5 Å². The van der Waals surface area contributed by atoms with Crippen molar-refractivity contribution >= 4 is 17.5 Å². The second-order valence-electron chi connectivity index (χ2n) is 7.15. The molecule has 9 heteroatoms. The molecule has 2 atom stereocenters. The first-order chi connectivity index (χ1) is 14.0. The fourth-order valence-corrected chi connectivity index (χ4v) is 4.28. The lowest BCUT2D eigenvalue weighted by Gasteiger charge is -2.37. The molecule has 3 aromatic rings. The molecular formula is C20H19ClN6O2. The number of hydrogen-bond donors (Lipinski definition) is 1. The van der Waals surface area contributed by atoms with Crippen LogP contribution in [-0.4, -0.2) is 50.3 Å². The molecule has 1 saturated heterocycles. The molecule has 2 aliphatic rings. The average molecular weight is 411 g/mol. The molecule has 5 rings (SSSR count). The Bertz CT molecular complexity index is 1100. The van der Waals surface area contributed by atoms with Crippen molar-refractivity contribution in [3.05, 3.63) is 70.5 Å². The largest absolute Gasteiger partial charge is 0.352 e. The number of ether oxygens (including phenoxy) is 1. The van der Waals surface area contributed by atoms with E-state index in [1.54, 1.807) is 24.0 Å². The summed E-state index contributed by atoms with van der Waals surface area (Å²) in [4.78, 5) is 23.5. The zero-order valence-corrected chi connectivity index (χ0v) is 16.7. The molecule has 0 spiro atoms. The number of fused-ring (bicyclic) bond motifs is 5. The fraction of sp³-hybridized carbons (Fsp3) is 0.300. The van der Waals surface area contributed by atoms with Gasteiger partial charge in [-0.25, -0.2) is 9.67 Å². The molecule has 0 bridgehead atoms. The maximum Gasteiger partial charge on any atom is 0.290 e. The van der Waals surface area contributed by atoms with Crippen LogP contribution in [-0.2, 0) is 17.0 Å². The van der Waals surface area contributed by atoms with E-state index in [1.807, 2.05) is 30.3 Å². The molecule has 148 valence electrons. The number of pyridine rings is 1. The highest BCUT2D eigenvalue weighted by Gasteiger charge is 2.53. The maximum atomic E-state index is 12.1. The van der Waals surface area contributed by atoms with Gasteiger partial charge in [0.2, 0.25) is 5.82 Å². The van der Waals surface area contributed by atoms with E-state index >= 15 is 0 Å². The highest BCUT2D eigenvalue weighted by Crippen LogP contribution is 2.47. The van der Waals surface area contributed by atoms with E-state index in [0.29, 0.717) is 24.0 Å². The number of hydrogen-bond acceptors (Lipinski definition) is 6. The molecule has 1 amide bonds. The number of aromatic nitrogens is 4. The van der Waals surface area contributed by atoms with Gasteiger partial charge in [-0.3, -0.25) is 14.7 Å². The first-order valence-electron chi connectivity index (χ1n) is 9.35. The maximum absolute atomic E-state index is 12.1. The van der Waals surface area contributed by atoms with Crippen LogP contribution in [0.4, 0.5) is 0 Å². The van der Waals surface area contributed by atoms with E-state index in [0.717, 1.165) is 16.9 Å². The summed E-state index contributed by atoms with van der Waals surface area (Å²) in [6.45, 7) is 3.06. The van der Waals surface area contributed by atoms with Crippen LogP contribution < -0.4 is 5.32 Å². The average Bonchev–Trinajstić information content (AvgIpc) is 3.28. The van der Waals surface area contributed by atoms with E-state index in [-0.39, 0.29) is 17.8 Å². The van der Waals surface area contributed by atoms with Gasteiger partial charge in [-0.15, -0.1) is 5.10 Å². The summed E-state index contributed by atoms with van der Waals surface area (Å²) in [5, 5.41) is 7.64. The molecule has 1 N–H and O–H groups in total. The van der Waals surface area contributed by atoms with Gasteiger partial charge in [-0.2, -0.15) is 0 Å². The summed E-state index contributed by atoms with van der Waals surface area (Å²) in [5.41, 5.74) is 1.43. The Labute approximate surface area is 172 Å². The number of nitrogens with zero attached hydrogens (tertiary/aromatic N) is 5. The van der Waals surface area contributed by atoms with Gasteiger partial charge in [0.15, 0.2) is 5.72 Å². The summed E-state index contributed by atoms with van der Waals surface area (Å²) in [5.74, 6) is 0.451. The Morgan fingerprint density at radius 3 is 2.97 bits per heavy atom. The lowest BCUT2D eigenvalue weighted by molar-refractivity contribution is -0.0618. The van der Waals surface area contributed by atoms with Crippen LogP contribution >= 0.6 is 11.6 Å². The van der Waals surface area contributed by atoms with Crippen molar-refractivity contribution in [1.82, 2.24) is 30.0 Å². The van der Waals surface area contributed by atoms with Crippen LogP contribution in [0.3, 0.4) is 0 Å². The van der Waals surface area contributed by atoms with Crippen LogP contribution in [0.5, 0.6) is 0 Å². The first kappa shape index (κ1) is 18.2. The van der Waals surface area contributed by atoms with Gasteiger partial charge >= 0.3 is 0 Å². The molecule has 0 saturated carbocycles. The topological polar surface area (TPSA) is 85.2 Å². The van der Waals surface area contributed by atoms with Gasteiger partial charge in [0, 0.05) is 29.9 Å². The predicted octanol–water partition coefficient (Wildman–Crippen LogP) is 2.11. The van der Waals surface area contributed by atoms with E-state index in [1.165, 1.54) is 0 Å². The number of benzene rings is 1. The van der Waals surface area contributed by atoms with Gasteiger partial charge in [-0.05, 0) is 37.3 Å². The summed E-state index contributed by atoms with van der Waals surface area (Å²) in [7, 11) is 1.56. The molecule has 2 aromatic heterocycles. The van der Waals surface area contributed by atoms with Crippen molar-refractivity contribution in [2.24, 2.45) is 0 Å². The minimum atomic E-state index is -0.920. The molecule has 0 radical (unpaired) electrons. The van der Waals surface area contributed by atoms with Crippen LogP contribution in [0.15, 0.2) is 42.6 Å². The summed E-state index contributed by atoms with van der Waals surface area (Å²) < 4.78 is 8.16. The third kappa shape index (κ3) is 2.60. The van der Waals surface area contributed by atoms with Gasteiger partial charge in [-0.1, -0.05) is 17.7 Å². The molecule has 1 aromatic carbocycles. The zero-order chi connectivity index (χ0) is 20.2. The monoisotopic (exact) mass is 410 g/mol. The van der Waals surface area contributed by atoms with Crippen molar-refractivity contribution < 1.29 is 9.53 Å². The van der Waals surface area contributed by atoms with E-state index in [2.05, 4.69) is 32.2 Å². The second kappa shape index (κ2) is 6.62. The Morgan fingerprint density at radius 2 is 2.21 bits per heavy atom. The van der Waals surface area contributed by atoms with E-state index in [4.69, 9.17) is 16.3 Å². The normalized spacial score (nSPS) is 23.1. The number of amides is 1. The molecule has 2 aliphatic heterocycles. The van der Waals surface area contributed by atoms with Gasteiger partial charge < -0.3 is 10.1 Å². The van der Waals surface area contributed by atoms with E-state index < -0.39 is 5.72 Å². The third-order valence-electron chi connectivity index (χ3n) is 5.45. The second-order valence-corrected chi connectivity index (χ2v) is 7.59. The highest BCUT2D eigenvalue weighted by molar-refractivity contribution is 6.30. The van der Waals surface area contributed by atoms with Crippen molar-refractivity contribution in [1.29, 1.82) is 0 Å². The number of carbonyl (C=O) groups is 1. The quantitative estimate of drug-likeness (QED) is 0.696. The number of halogens is 1. The number of rotatable bonds is 2. The molecule has 29 heavy (non-hydrogen) atoms. The Hall–Kier alpha value is -2.81. The lowest BCUT2D eigenvalue weighted by Crippen LogP contribution is -2.45. The SMILES string of the molecule is CNC(=O)c1nc2n(n1)-c1ccc(Cl)cc1C1(c3ccccn3)OCC(C)N1C2. The Balaban J connectivity index is 1.82. The molecular weight excluding hydrogens is 392 g/mol. The molecule has 8 nitrogen and oxygen atoms in total. The fourth-order valence-electron chi connectivity index (χ4n) is 4.11. The van der Waals surface area contributed by atoms with Gasteiger partial charge in [0.1, 0.15) is 5.82 Å². The van der Waals surface area contributed by atoms with E-state index in [9.17, 15) is 4.79 Å². The minimum Gasteiger partial charge on any atom is -0.352 e. The van der Waals surface area contributed by atoms with Gasteiger partial charge in [0.25, 0.3) is 5.91 Å². The molecule has 4 heterocycles. The van der Waals surface area contributed by atoms with Crippen molar-refractivity contribution in [2.45, 2.75) is 25.2 Å². The predicted molar refractivity (Wildman–Crippen MR) is 106 cm³/mol. The van der Waals surface area contributed by atoms with Crippen molar-refractivity contribution in [2.75, 3.05) is 13.7 Å². The number of carbonyl (C=O) groups excluding carboxylic acids is 1. The van der Waals surface area contributed by atoms with Crippen LogP contribution in [0.1, 0.15) is 34.6 Å². The number of nitrogens with one attached hydrogen (secondary N) is 1. The third-order valence-corrected chi connectivity index (χ3v) is 5.69. The summed E-state index contributed by atoms with van der Waals surface area (Å²) >= 11 is 6.41. The van der Waals surface area contributed by atoms with Crippen molar-refractivity contribution in [3.8, 4) is 5.69 Å². The smallest absolute Gasteiger partial charge is 0.290 e. The minimum absolute atomic E-state index is 0.0931. The Morgan fingerprint density at radius 1 is 1.34 bits per heavy atom. The molecule has 0 aliphatic carbocycles. The first-order valence-corrected chi connectivity index (χ1v) is 9.73. The lowest BCUT2D eigenvalue weighted by atomic mass is 9.95. The van der Waals surface area contributed by atoms with Crippen LogP contribution in [0.2, 0.25) is 5.02 Å². The summed E-state index contributed by atoms with van der Waals surface area (Å²) in [6, 6.07) is 11.4. The highest BCUT2D eigenvalue weighted by atomic mass is 35.5. The zero-order valence-electron chi connectivity index (χ0n) is 16.0.